The molecule has 1 aliphatic heterocycles. The van der Waals surface area contributed by atoms with Gasteiger partial charge in [0.05, 0.1) is 0 Å². The molecule has 0 aromatic heterocycles. The molecule has 0 amide bonds. The van der Waals surface area contributed by atoms with E-state index in [1.165, 1.54) is 25.1 Å². The fourth-order valence-electron chi connectivity index (χ4n) is 2.39. The van der Waals surface area contributed by atoms with E-state index in [9.17, 15) is 0 Å². The Balaban J connectivity index is 2.03. The van der Waals surface area contributed by atoms with Crippen molar-refractivity contribution in [2.75, 3.05) is 11.4 Å². The fourth-order valence-corrected chi connectivity index (χ4v) is 2.39. The minimum atomic E-state index is 0.733. The van der Waals surface area contributed by atoms with Crippen molar-refractivity contribution in [1.82, 2.24) is 0 Å². The molecular weight excluding hydrogens is 158 g/mol. The molecule has 1 aromatic rings. The standard InChI is InChI=1S/C12H15N/c1-9-8-13(10-6-7-10)12-5-3-2-4-11(9)12/h2-5,9-10H,6-8H2,1H3. The average Bonchev–Trinajstić information content (AvgIpc) is 2.94. The van der Waals surface area contributed by atoms with Crippen LogP contribution >= 0.6 is 0 Å². The minimum Gasteiger partial charge on any atom is -0.368 e. The molecule has 1 aliphatic carbocycles. The van der Waals surface area contributed by atoms with Crippen LogP contribution in [-0.2, 0) is 0 Å². The highest BCUT2D eigenvalue weighted by atomic mass is 15.2. The largest absolute Gasteiger partial charge is 0.368 e. The van der Waals surface area contributed by atoms with E-state index in [-0.39, 0.29) is 0 Å². The predicted octanol–water partition coefficient (Wildman–Crippen LogP) is 2.77. The Hall–Kier alpha value is -0.980. The van der Waals surface area contributed by atoms with Crippen LogP contribution in [0.3, 0.4) is 0 Å². The van der Waals surface area contributed by atoms with Crippen molar-refractivity contribution in [1.29, 1.82) is 0 Å². The van der Waals surface area contributed by atoms with Crippen LogP contribution in [0, 0.1) is 0 Å². The Kier molecular flexibility index (Phi) is 1.43. The third-order valence-corrected chi connectivity index (χ3v) is 3.24. The second-order valence-electron chi connectivity index (χ2n) is 4.34. The van der Waals surface area contributed by atoms with Gasteiger partial charge in [0.1, 0.15) is 0 Å². The maximum atomic E-state index is 2.60. The molecule has 1 unspecified atom stereocenters. The molecule has 1 heteroatoms. The van der Waals surface area contributed by atoms with Crippen LogP contribution in [0.4, 0.5) is 5.69 Å². The lowest BCUT2D eigenvalue weighted by Crippen LogP contribution is -2.23. The summed E-state index contributed by atoms with van der Waals surface area (Å²) in [5, 5.41) is 0. The van der Waals surface area contributed by atoms with E-state index in [1.807, 2.05) is 0 Å². The summed E-state index contributed by atoms with van der Waals surface area (Å²) in [6.45, 7) is 3.57. The number of benzene rings is 1. The lowest BCUT2D eigenvalue weighted by atomic mass is 10.0. The predicted molar refractivity (Wildman–Crippen MR) is 55.2 cm³/mol. The second kappa shape index (κ2) is 2.50. The molecule has 0 radical (unpaired) electrons. The first-order chi connectivity index (χ1) is 6.36. The summed E-state index contributed by atoms with van der Waals surface area (Å²) in [5.41, 5.74) is 3.05. The Morgan fingerprint density at radius 1 is 1.23 bits per heavy atom. The molecule has 2 aliphatic rings. The highest BCUT2D eigenvalue weighted by Gasteiger charge is 2.35. The van der Waals surface area contributed by atoms with E-state index < -0.39 is 0 Å². The van der Waals surface area contributed by atoms with Crippen molar-refractivity contribution in [2.45, 2.75) is 31.7 Å². The van der Waals surface area contributed by atoms with Crippen LogP contribution in [0.15, 0.2) is 24.3 Å². The third kappa shape index (κ3) is 1.06. The first-order valence-corrected chi connectivity index (χ1v) is 5.22. The molecule has 3 rings (SSSR count). The van der Waals surface area contributed by atoms with Gasteiger partial charge in [0.15, 0.2) is 0 Å². The van der Waals surface area contributed by atoms with Crippen LogP contribution in [0.25, 0.3) is 0 Å². The van der Waals surface area contributed by atoms with Gasteiger partial charge in [0, 0.05) is 24.2 Å². The number of nitrogens with zero attached hydrogens (tertiary/aromatic N) is 1. The zero-order chi connectivity index (χ0) is 8.84. The molecule has 0 saturated heterocycles. The average molecular weight is 173 g/mol. The zero-order valence-electron chi connectivity index (χ0n) is 8.03. The van der Waals surface area contributed by atoms with Gasteiger partial charge in [0.2, 0.25) is 0 Å². The first kappa shape index (κ1) is 7.43. The lowest BCUT2D eigenvalue weighted by Gasteiger charge is -2.18. The van der Waals surface area contributed by atoms with Gasteiger partial charge in [-0.25, -0.2) is 0 Å². The summed E-state index contributed by atoms with van der Waals surface area (Å²) in [7, 11) is 0. The molecule has 1 fully saturated rings. The topological polar surface area (TPSA) is 3.24 Å². The van der Waals surface area contributed by atoms with Crippen molar-refractivity contribution in [2.24, 2.45) is 0 Å². The van der Waals surface area contributed by atoms with Gasteiger partial charge in [-0.2, -0.15) is 0 Å². The van der Waals surface area contributed by atoms with E-state index in [4.69, 9.17) is 0 Å². The molecule has 1 nitrogen and oxygen atoms in total. The van der Waals surface area contributed by atoms with Crippen molar-refractivity contribution in [3.8, 4) is 0 Å². The monoisotopic (exact) mass is 173 g/mol. The molecule has 1 saturated carbocycles. The number of hydrogen-bond acceptors (Lipinski definition) is 1. The van der Waals surface area contributed by atoms with Crippen LogP contribution in [-0.4, -0.2) is 12.6 Å². The molecule has 1 atom stereocenters. The van der Waals surface area contributed by atoms with Gasteiger partial charge in [-0.05, 0) is 24.5 Å². The van der Waals surface area contributed by atoms with Gasteiger partial charge in [-0.3, -0.25) is 0 Å². The van der Waals surface area contributed by atoms with Crippen molar-refractivity contribution >= 4 is 5.69 Å². The summed E-state index contributed by atoms with van der Waals surface area (Å²) in [4.78, 5) is 2.60. The van der Waals surface area contributed by atoms with E-state index in [2.05, 4.69) is 36.1 Å². The normalized spacial score (nSPS) is 26.2. The Bertz CT molecular complexity index is 328. The van der Waals surface area contributed by atoms with Crippen molar-refractivity contribution in [3.05, 3.63) is 29.8 Å². The number of fused-ring (bicyclic) bond motifs is 1. The van der Waals surface area contributed by atoms with Crippen molar-refractivity contribution in [3.63, 3.8) is 0 Å². The zero-order valence-corrected chi connectivity index (χ0v) is 8.03. The highest BCUT2D eigenvalue weighted by Crippen LogP contribution is 2.42. The summed E-state index contributed by atoms with van der Waals surface area (Å²) in [6.07, 6.45) is 2.81. The van der Waals surface area contributed by atoms with Crippen LogP contribution < -0.4 is 4.90 Å². The van der Waals surface area contributed by atoms with Gasteiger partial charge < -0.3 is 4.90 Å². The smallest absolute Gasteiger partial charge is 0.0404 e. The number of para-hydroxylation sites is 1. The van der Waals surface area contributed by atoms with Crippen LogP contribution in [0.1, 0.15) is 31.2 Å². The molecule has 68 valence electrons. The van der Waals surface area contributed by atoms with E-state index in [0.717, 1.165) is 12.0 Å². The molecule has 1 heterocycles. The second-order valence-corrected chi connectivity index (χ2v) is 4.34. The number of rotatable bonds is 1. The molecule has 0 N–H and O–H groups in total. The number of anilines is 1. The van der Waals surface area contributed by atoms with Gasteiger partial charge in [0.25, 0.3) is 0 Å². The van der Waals surface area contributed by atoms with Gasteiger partial charge in [-0.15, -0.1) is 0 Å². The van der Waals surface area contributed by atoms with Crippen LogP contribution in [0.5, 0.6) is 0 Å². The Morgan fingerprint density at radius 2 is 2.00 bits per heavy atom. The first-order valence-electron chi connectivity index (χ1n) is 5.22. The van der Waals surface area contributed by atoms with Crippen LogP contribution in [0.2, 0.25) is 0 Å². The van der Waals surface area contributed by atoms with Gasteiger partial charge >= 0.3 is 0 Å². The quantitative estimate of drug-likeness (QED) is 0.631. The lowest BCUT2D eigenvalue weighted by molar-refractivity contribution is 0.743. The molecule has 0 bridgehead atoms. The summed E-state index contributed by atoms with van der Waals surface area (Å²) in [5.74, 6) is 0.733. The summed E-state index contributed by atoms with van der Waals surface area (Å²) < 4.78 is 0. The molecule has 1 aromatic carbocycles. The minimum absolute atomic E-state index is 0.733. The molecule has 0 spiro atoms. The Labute approximate surface area is 79.4 Å². The van der Waals surface area contributed by atoms with Crippen molar-refractivity contribution < 1.29 is 0 Å². The number of hydrogen-bond donors (Lipinski definition) is 0. The molecule has 13 heavy (non-hydrogen) atoms. The maximum Gasteiger partial charge on any atom is 0.0404 e. The SMILES string of the molecule is CC1CN(C2CC2)c2ccccc21. The fraction of sp³-hybridized carbons (Fsp3) is 0.500. The highest BCUT2D eigenvalue weighted by molar-refractivity contribution is 5.61. The molecular formula is C12H15N. The Morgan fingerprint density at radius 3 is 2.77 bits per heavy atom. The van der Waals surface area contributed by atoms with Gasteiger partial charge in [-0.1, -0.05) is 25.1 Å². The summed E-state index contributed by atoms with van der Waals surface area (Å²) in [6, 6.07) is 9.74. The van der Waals surface area contributed by atoms with E-state index in [0.29, 0.717) is 0 Å². The van der Waals surface area contributed by atoms with E-state index >= 15 is 0 Å². The maximum absolute atomic E-state index is 2.60. The third-order valence-electron chi connectivity index (χ3n) is 3.24. The van der Waals surface area contributed by atoms with E-state index in [1.54, 1.807) is 5.56 Å². The summed E-state index contributed by atoms with van der Waals surface area (Å²) >= 11 is 0.